The standard InChI is InChI=1S/C16H21N5O2.C14H22BrN3O2/c1-3-6-21-7-4-5-11(21)10-17-16(22)12-8-13-14(19-20-18-13)9-15(12)23-2;1-4-18(5-2)7-6-17-14(19)10-8-11(15)12(16)9-13(10)20-3/h3,8-9,11H,1,4-7,10H2,2H3,(H,17,22)(H,18,19,20);8-9H,4-7,16H2,1-3H3,(H,17,19). The lowest BCUT2D eigenvalue weighted by Gasteiger charge is -2.23. The normalized spacial score (nSPS) is 14.7. The first-order chi connectivity index (χ1) is 20.8. The number of aromatic nitrogens is 3. The summed E-state index contributed by atoms with van der Waals surface area (Å²) in [4.78, 5) is 29.3. The molecule has 1 aliphatic heterocycles. The van der Waals surface area contributed by atoms with E-state index in [0.29, 0.717) is 63.0 Å². The summed E-state index contributed by atoms with van der Waals surface area (Å²) in [7, 11) is 3.07. The molecule has 2 heterocycles. The second-order valence-electron chi connectivity index (χ2n) is 10.0. The highest BCUT2D eigenvalue weighted by Crippen LogP contribution is 2.29. The number of nitrogens with one attached hydrogen (secondary N) is 3. The number of nitrogens with two attached hydrogens (primary N) is 1. The van der Waals surface area contributed by atoms with Gasteiger partial charge in [-0.1, -0.05) is 19.9 Å². The molecular weight excluding hydrogens is 616 g/mol. The molecule has 1 atom stereocenters. The Balaban J connectivity index is 0.000000238. The molecule has 0 bridgehead atoms. The molecule has 4 rings (SSSR count). The Morgan fingerprint density at radius 1 is 1.09 bits per heavy atom. The zero-order chi connectivity index (χ0) is 31.4. The Hall–Kier alpha value is -3.68. The third kappa shape index (κ3) is 9.15. The topological polar surface area (TPSA) is 151 Å². The number of carbonyl (C=O) groups is 2. The fourth-order valence-electron chi connectivity index (χ4n) is 4.93. The molecule has 0 radical (unpaired) electrons. The quantitative estimate of drug-likeness (QED) is 0.160. The number of likely N-dealkylation sites (N-methyl/N-ethyl adjacent to an activating group) is 1. The first kappa shape index (κ1) is 33.8. The molecule has 0 aliphatic carbocycles. The second-order valence-corrected chi connectivity index (χ2v) is 10.9. The Morgan fingerprint density at radius 2 is 1.72 bits per heavy atom. The second kappa shape index (κ2) is 16.8. The molecule has 1 saturated heterocycles. The van der Waals surface area contributed by atoms with Gasteiger partial charge < -0.3 is 30.7 Å². The fraction of sp³-hybridized carbons (Fsp3) is 0.467. The average Bonchev–Trinajstić information content (AvgIpc) is 3.67. The molecule has 1 unspecified atom stereocenters. The monoisotopic (exact) mass is 658 g/mol. The van der Waals surface area contributed by atoms with Crippen molar-refractivity contribution in [2.24, 2.45) is 0 Å². The molecule has 1 aliphatic rings. The number of likely N-dealkylation sites (tertiary alicyclic amines) is 1. The predicted molar refractivity (Wildman–Crippen MR) is 173 cm³/mol. The van der Waals surface area contributed by atoms with Gasteiger partial charge in [-0.15, -0.1) is 6.58 Å². The third-order valence-corrected chi connectivity index (χ3v) is 8.10. The molecule has 5 N–H and O–H groups in total. The van der Waals surface area contributed by atoms with E-state index in [0.717, 1.165) is 45.6 Å². The van der Waals surface area contributed by atoms with Gasteiger partial charge in [-0.2, -0.15) is 15.4 Å². The molecule has 0 spiro atoms. The van der Waals surface area contributed by atoms with Crippen molar-refractivity contribution in [1.82, 2.24) is 35.8 Å². The highest BCUT2D eigenvalue weighted by molar-refractivity contribution is 9.10. The maximum atomic E-state index is 12.5. The highest BCUT2D eigenvalue weighted by Gasteiger charge is 2.24. The molecule has 43 heavy (non-hydrogen) atoms. The van der Waals surface area contributed by atoms with Crippen LogP contribution in [-0.4, -0.2) is 103 Å². The van der Waals surface area contributed by atoms with Crippen LogP contribution in [0.4, 0.5) is 5.69 Å². The molecule has 234 valence electrons. The number of anilines is 1. The minimum Gasteiger partial charge on any atom is -0.496 e. The van der Waals surface area contributed by atoms with Gasteiger partial charge in [0.1, 0.15) is 22.5 Å². The minimum atomic E-state index is -0.158. The number of H-pyrrole nitrogens is 1. The van der Waals surface area contributed by atoms with Crippen molar-refractivity contribution in [1.29, 1.82) is 0 Å². The van der Waals surface area contributed by atoms with Gasteiger partial charge in [-0.05, 0) is 60.5 Å². The number of carbonyl (C=O) groups excluding carboxylic acids is 2. The number of ether oxygens (including phenoxy) is 2. The summed E-state index contributed by atoms with van der Waals surface area (Å²) in [5.41, 5.74) is 8.59. The number of benzene rings is 2. The number of hydrogen-bond donors (Lipinski definition) is 4. The summed E-state index contributed by atoms with van der Waals surface area (Å²) >= 11 is 3.32. The van der Waals surface area contributed by atoms with Crippen molar-refractivity contribution in [3.05, 3.63) is 52.5 Å². The van der Waals surface area contributed by atoms with Crippen LogP contribution in [0.25, 0.3) is 11.0 Å². The van der Waals surface area contributed by atoms with Crippen LogP contribution >= 0.6 is 15.9 Å². The molecule has 1 fully saturated rings. The number of halogens is 1. The molecule has 0 saturated carbocycles. The lowest BCUT2D eigenvalue weighted by atomic mass is 10.1. The van der Waals surface area contributed by atoms with Crippen molar-refractivity contribution >= 4 is 44.5 Å². The minimum absolute atomic E-state index is 0.155. The number of nitrogen functional groups attached to an aromatic ring is 1. The van der Waals surface area contributed by atoms with Crippen LogP contribution < -0.4 is 25.8 Å². The van der Waals surface area contributed by atoms with E-state index < -0.39 is 0 Å². The number of fused-ring (bicyclic) bond motifs is 1. The van der Waals surface area contributed by atoms with Crippen molar-refractivity contribution in [2.75, 3.05) is 65.8 Å². The zero-order valence-electron chi connectivity index (χ0n) is 25.4. The Labute approximate surface area is 261 Å². The summed E-state index contributed by atoms with van der Waals surface area (Å²) in [6.07, 6.45) is 4.15. The maximum Gasteiger partial charge on any atom is 0.255 e. The van der Waals surface area contributed by atoms with E-state index in [4.69, 9.17) is 15.2 Å². The molecule has 3 aromatic rings. The average molecular weight is 660 g/mol. The van der Waals surface area contributed by atoms with E-state index in [-0.39, 0.29) is 11.8 Å². The van der Waals surface area contributed by atoms with Gasteiger partial charge in [0.2, 0.25) is 0 Å². The lowest BCUT2D eigenvalue weighted by molar-refractivity contribution is 0.0933. The van der Waals surface area contributed by atoms with Gasteiger partial charge >= 0.3 is 0 Å². The number of amides is 2. The van der Waals surface area contributed by atoms with Crippen LogP contribution in [0.15, 0.2) is 41.4 Å². The molecule has 13 heteroatoms. The summed E-state index contributed by atoms with van der Waals surface area (Å²) in [5.74, 6) is 0.663. The van der Waals surface area contributed by atoms with E-state index in [1.807, 2.05) is 6.08 Å². The van der Waals surface area contributed by atoms with Crippen molar-refractivity contribution < 1.29 is 19.1 Å². The van der Waals surface area contributed by atoms with Crippen molar-refractivity contribution in [2.45, 2.75) is 32.7 Å². The van der Waals surface area contributed by atoms with Gasteiger partial charge in [-0.3, -0.25) is 14.5 Å². The van der Waals surface area contributed by atoms with E-state index >= 15 is 0 Å². The van der Waals surface area contributed by atoms with Crippen LogP contribution in [0.2, 0.25) is 0 Å². The number of hydrogen-bond acceptors (Lipinski definition) is 9. The predicted octanol–water partition coefficient (Wildman–Crippen LogP) is 3.46. The largest absolute Gasteiger partial charge is 0.496 e. The van der Waals surface area contributed by atoms with Gasteiger partial charge in [0, 0.05) is 54.5 Å². The lowest BCUT2D eigenvalue weighted by Crippen LogP contribution is -2.40. The van der Waals surface area contributed by atoms with Crippen LogP contribution in [0.3, 0.4) is 0 Å². The summed E-state index contributed by atoms with van der Waals surface area (Å²) in [6.45, 7) is 13.9. The van der Waals surface area contributed by atoms with E-state index in [2.05, 4.69) is 72.2 Å². The smallest absolute Gasteiger partial charge is 0.255 e. The van der Waals surface area contributed by atoms with Gasteiger partial charge in [0.05, 0.1) is 25.3 Å². The highest BCUT2D eigenvalue weighted by atomic mass is 79.9. The zero-order valence-corrected chi connectivity index (χ0v) is 27.0. The van der Waals surface area contributed by atoms with Gasteiger partial charge in [-0.25, -0.2) is 0 Å². The van der Waals surface area contributed by atoms with Crippen molar-refractivity contribution in [3.63, 3.8) is 0 Å². The number of nitrogens with zero attached hydrogens (tertiary/aromatic N) is 4. The molecule has 2 amide bonds. The van der Waals surface area contributed by atoms with Crippen LogP contribution in [-0.2, 0) is 0 Å². The van der Waals surface area contributed by atoms with Gasteiger partial charge in [0.25, 0.3) is 11.8 Å². The molecule has 2 aromatic carbocycles. The first-order valence-corrected chi connectivity index (χ1v) is 15.2. The molecule has 1 aromatic heterocycles. The SMILES string of the molecule is C=CCN1CCCC1CNC(=O)c1cc2n[nH]nc2cc1OC.CCN(CC)CCNC(=O)c1cc(Br)c(N)cc1OC. The number of methoxy groups -OCH3 is 2. The van der Waals surface area contributed by atoms with E-state index in [1.165, 1.54) is 7.11 Å². The summed E-state index contributed by atoms with van der Waals surface area (Å²) in [5, 5.41) is 16.5. The molecule has 12 nitrogen and oxygen atoms in total. The van der Waals surface area contributed by atoms with Crippen LogP contribution in [0, 0.1) is 0 Å². The molecular formula is C30H43BrN8O4. The first-order valence-electron chi connectivity index (χ1n) is 14.4. The third-order valence-electron chi connectivity index (χ3n) is 7.41. The van der Waals surface area contributed by atoms with E-state index in [1.54, 1.807) is 31.4 Å². The summed E-state index contributed by atoms with van der Waals surface area (Å²) in [6, 6.07) is 7.10. The van der Waals surface area contributed by atoms with Crippen molar-refractivity contribution in [3.8, 4) is 11.5 Å². The Bertz CT molecular complexity index is 1380. The van der Waals surface area contributed by atoms with Crippen LogP contribution in [0.1, 0.15) is 47.4 Å². The Morgan fingerprint density at radius 3 is 2.37 bits per heavy atom. The van der Waals surface area contributed by atoms with Gasteiger partial charge in [0.15, 0.2) is 0 Å². The Kier molecular flexibility index (Phi) is 13.2. The fourth-order valence-corrected chi connectivity index (χ4v) is 5.28. The number of aromatic amines is 1. The van der Waals surface area contributed by atoms with Crippen LogP contribution in [0.5, 0.6) is 11.5 Å². The summed E-state index contributed by atoms with van der Waals surface area (Å²) < 4.78 is 11.2. The number of rotatable bonds is 13. The van der Waals surface area contributed by atoms with E-state index in [9.17, 15) is 9.59 Å². The maximum absolute atomic E-state index is 12.5.